The van der Waals surface area contributed by atoms with E-state index in [1.54, 1.807) is 6.07 Å². The Morgan fingerprint density at radius 1 is 0.935 bits per heavy atom. The van der Waals surface area contributed by atoms with Crippen molar-refractivity contribution in [3.05, 3.63) is 77.9 Å². The Bertz CT molecular complexity index is 1180. The van der Waals surface area contributed by atoms with Crippen LogP contribution in [0.4, 0.5) is 5.69 Å². The normalized spacial score (nSPS) is 15.2. The number of piperazine rings is 1. The van der Waals surface area contributed by atoms with Gasteiger partial charge < -0.3 is 10.2 Å². The first-order valence-electron chi connectivity index (χ1n) is 10.5. The van der Waals surface area contributed by atoms with Crippen LogP contribution in [0.5, 0.6) is 0 Å². The quantitative estimate of drug-likeness (QED) is 0.644. The van der Waals surface area contributed by atoms with Gasteiger partial charge in [-0.3, -0.25) is 4.79 Å². The largest absolute Gasteiger partial charge is 0.369 e. The van der Waals surface area contributed by atoms with Gasteiger partial charge in [-0.25, -0.2) is 8.42 Å². The second-order valence-electron chi connectivity index (χ2n) is 7.82. The zero-order chi connectivity index (χ0) is 21.8. The van der Waals surface area contributed by atoms with E-state index in [0.29, 0.717) is 31.7 Å². The topological polar surface area (TPSA) is 69.7 Å². The summed E-state index contributed by atoms with van der Waals surface area (Å²) in [4.78, 5) is 14.8. The van der Waals surface area contributed by atoms with Gasteiger partial charge in [0.15, 0.2) is 0 Å². The summed E-state index contributed by atoms with van der Waals surface area (Å²) in [5, 5.41) is 4.61. The second-order valence-corrected chi connectivity index (χ2v) is 9.91. The van der Waals surface area contributed by atoms with Crippen molar-refractivity contribution in [2.75, 3.05) is 43.4 Å². The molecule has 0 radical (unpaired) electrons. The van der Waals surface area contributed by atoms with Gasteiger partial charge in [0, 0.05) is 44.0 Å². The first-order chi connectivity index (χ1) is 14.9. The molecule has 4 rings (SSSR count). The summed E-state index contributed by atoms with van der Waals surface area (Å²) in [6.45, 7) is 4.36. The molecule has 1 amide bonds. The van der Waals surface area contributed by atoms with Crippen LogP contribution in [0.1, 0.15) is 15.9 Å². The molecular weight excluding hydrogens is 410 g/mol. The van der Waals surface area contributed by atoms with Crippen LogP contribution in [0.25, 0.3) is 10.8 Å². The number of amides is 1. The smallest absolute Gasteiger partial charge is 0.251 e. The standard InChI is InChI=1S/C24H27N3O3S/c1-19-6-4-9-21(18-19)26-13-15-27(16-14-26)31(29,30)17-12-25-24(28)23-11-5-8-20-7-2-3-10-22(20)23/h2-11,18H,12-17H2,1H3,(H,25,28). The third-order valence-electron chi connectivity index (χ3n) is 5.68. The summed E-state index contributed by atoms with van der Waals surface area (Å²) >= 11 is 0. The molecule has 31 heavy (non-hydrogen) atoms. The van der Waals surface area contributed by atoms with E-state index in [0.717, 1.165) is 16.5 Å². The Kier molecular flexibility index (Phi) is 6.25. The molecule has 6 nitrogen and oxygen atoms in total. The average molecular weight is 438 g/mol. The maximum Gasteiger partial charge on any atom is 0.251 e. The van der Waals surface area contributed by atoms with Gasteiger partial charge in [-0.2, -0.15) is 4.31 Å². The number of aryl methyl sites for hydroxylation is 1. The first kappa shape index (κ1) is 21.3. The van der Waals surface area contributed by atoms with Crippen molar-refractivity contribution in [1.82, 2.24) is 9.62 Å². The van der Waals surface area contributed by atoms with Crippen LogP contribution in [0.15, 0.2) is 66.7 Å². The van der Waals surface area contributed by atoms with E-state index in [2.05, 4.69) is 35.3 Å². The molecule has 0 spiro atoms. The van der Waals surface area contributed by atoms with Crippen LogP contribution in [-0.4, -0.2) is 57.1 Å². The second kappa shape index (κ2) is 9.08. The maximum atomic E-state index is 12.8. The van der Waals surface area contributed by atoms with Crippen LogP contribution in [0, 0.1) is 6.92 Å². The molecule has 1 fully saturated rings. The van der Waals surface area contributed by atoms with Crippen molar-refractivity contribution in [2.24, 2.45) is 0 Å². The number of anilines is 1. The number of rotatable bonds is 6. The summed E-state index contributed by atoms with van der Waals surface area (Å²) in [5.74, 6) is -0.357. The zero-order valence-corrected chi connectivity index (χ0v) is 18.4. The lowest BCUT2D eigenvalue weighted by Crippen LogP contribution is -2.50. The molecule has 3 aromatic carbocycles. The Labute approximate surface area is 183 Å². The Balaban J connectivity index is 1.32. The van der Waals surface area contributed by atoms with E-state index < -0.39 is 10.0 Å². The van der Waals surface area contributed by atoms with Crippen LogP contribution in [0.3, 0.4) is 0 Å². The molecule has 0 unspecified atom stereocenters. The summed E-state index contributed by atoms with van der Waals surface area (Å²) in [5.41, 5.74) is 2.87. The third kappa shape index (κ3) is 4.89. The van der Waals surface area contributed by atoms with Gasteiger partial charge in [0.25, 0.3) is 5.91 Å². The van der Waals surface area contributed by atoms with Crippen molar-refractivity contribution >= 4 is 32.4 Å². The summed E-state index contributed by atoms with van der Waals surface area (Å²) in [6, 6.07) is 21.5. The van der Waals surface area contributed by atoms with E-state index in [-0.39, 0.29) is 18.2 Å². The lowest BCUT2D eigenvalue weighted by Gasteiger charge is -2.35. The fourth-order valence-electron chi connectivity index (χ4n) is 3.99. The molecule has 0 saturated carbocycles. The highest BCUT2D eigenvalue weighted by atomic mass is 32.2. The lowest BCUT2D eigenvalue weighted by molar-refractivity contribution is 0.0957. The molecule has 0 aromatic heterocycles. The molecule has 0 atom stereocenters. The summed E-state index contributed by atoms with van der Waals surface area (Å²) < 4.78 is 27.1. The number of hydrogen-bond acceptors (Lipinski definition) is 4. The molecular formula is C24H27N3O3S. The minimum atomic E-state index is -3.43. The third-order valence-corrected chi connectivity index (χ3v) is 7.55. The van der Waals surface area contributed by atoms with Gasteiger partial charge in [0.05, 0.1) is 5.75 Å². The lowest BCUT2D eigenvalue weighted by atomic mass is 10.0. The Hall–Kier alpha value is -2.90. The van der Waals surface area contributed by atoms with Crippen molar-refractivity contribution < 1.29 is 13.2 Å². The summed E-state index contributed by atoms with van der Waals surface area (Å²) in [6.07, 6.45) is 0. The number of benzene rings is 3. The fourth-order valence-corrected chi connectivity index (χ4v) is 5.33. The minimum absolute atomic E-state index is 0.0858. The van der Waals surface area contributed by atoms with Crippen molar-refractivity contribution in [3.63, 3.8) is 0 Å². The van der Waals surface area contributed by atoms with E-state index in [1.165, 1.54) is 9.87 Å². The van der Waals surface area contributed by atoms with Crippen molar-refractivity contribution in [1.29, 1.82) is 0 Å². The van der Waals surface area contributed by atoms with E-state index in [1.807, 2.05) is 42.5 Å². The predicted octanol–water partition coefficient (Wildman–Crippen LogP) is 3.03. The number of hydrogen-bond donors (Lipinski definition) is 1. The van der Waals surface area contributed by atoms with Crippen LogP contribution in [0.2, 0.25) is 0 Å². The van der Waals surface area contributed by atoms with Gasteiger partial charge in [-0.15, -0.1) is 0 Å². The highest BCUT2D eigenvalue weighted by molar-refractivity contribution is 7.89. The summed E-state index contributed by atoms with van der Waals surface area (Å²) in [7, 11) is -3.43. The minimum Gasteiger partial charge on any atom is -0.369 e. The van der Waals surface area contributed by atoms with Crippen LogP contribution in [-0.2, 0) is 10.0 Å². The molecule has 0 bridgehead atoms. The average Bonchev–Trinajstić information content (AvgIpc) is 2.78. The molecule has 1 N–H and O–H groups in total. The number of carbonyl (C=O) groups is 1. The first-order valence-corrected chi connectivity index (χ1v) is 12.1. The number of carbonyl (C=O) groups excluding carboxylic acids is 1. The van der Waals surface area contributed by atoms with E-state index in [4.69, 9.17) is 0 Å². The fraction of sp³-hybridized carbons (Fsp3) is 0.292. The Morgan fingerprint density at radius 3 is 2.42 bits per heavy atom. The molecule has 7 heteroatoms. The maximum absolute atomic E-state index is 12.8. The molecule has 1 saturated heterocycles. The molecule has 1 aliphatic heterocycles. The van der Waals surface area contributed by atoms with Gasteiger partial charge >= 0.3 is 0 Å². The molecule has 0 aliphatic carbocycles. The number of sulfonamides is 1. The predicted molar refractivity (Wildman–Crippen MR) is 125 cm³/mol. The van der Waals surface area contributed by atoms with Crippen LogP contribution >= 0.6 is 0 Å². The molecule has 162 valence electrons. The van der Waals surface area contributed by atoms with Crippen molar-refractivity contribution in [2.45, 2.75) is 6.92 Å². The van der Waals surface area contributed by atoms with E-state index in [9.17, 15) is 13.2 Å². The number of nitrogens with zero attached hydrogens (tertiary/aromatic N) is 2. The highest BCUT2D eigenvalue weighted by Crippen LogP contribution is 2.20. The van der Waals surface area contributed by atoms with Crippen LogP contribution < -0.4 is 10.2 Å². The van der Waals surface area contributed by atoms with Gasteiger partial charge in [-0.05, 0) is 41.5 Å². The van der Waals surface area contributed by atoms with Crippen molar-refractivity contribution in [3.8, 4) is 0 Å². The highest BCUT2D eigenvalue weighted by Gasteiger charge is 2.27. The van der Waals surface area contributed by atoms with E-state index >= 15 is 0 Å². The number of fused-ring (bicyclic) bond motifs is 1. The zero-order valence-electron chi connectivity index (χ0n) is 17.6. The molecule has 3 aromatic rings. The van der Waals surface area contributed by atoms with Gasteiger partial charge in [0.1, 0.15) is 0 Å². The SMILES string of the molecule is Cc1cccc(N2CCN(S(=O)(=O)CCNC(=O)c3cccc4ccccc34)CC2)c1. The number of nitrogens with one attached hydrogen (secondary N) is 1. The molecule has 1 aliphatic rings. The van der Waals surface area contributed by atoms with Gasteiger partial charge in [0.2, 0.25) is 10.0 Å². The van der Waals surface area contributed by atoms with Gasteiger partial charge in [-0.1, -0.05) is 48.5 Å². The molecule has 1 heterocycles. The monoisotopic (exact) mass is 437 g/mol. The Morgan fingerprint density at radius 2 is 1.65 bits per heavy atom.